The molecule has 1 unspecified atom stereocenters. The first-order chi connectivity index (χ1) is 8.91. The Hall–Kier alpha value is -1.27. The van der Waals surface area contributed by atoms with Gasteiger partial charge in [-0.1, -0.05) is 12.1 Å². The minimum atomic E-state index is -3.53. The van der Waals surface area contributed by atoms with Crippen LogP contribution in [0.25, 0.3) is 0 Å². The fraction of sp³-hybridized carbons (Fsp3) is 0.538. The average molecular weight is 274 g/mol. The van der Waals surface area contributed by atoms with Crippen molar-refractivity contribution in [3.8, 4) is 0 Å². The molecule has 0 spiro atoms. The van der Waals surface area contributed by atoms with Gasteiger partial charge in [0.2, 0.25) is 0 Å². The number of halogens is 3. The van der Waals surface area contributed by atoms with Crippen LogP contribution in [0.15, 0.2) is 24.3 Å². The van der Waals surface area contributed by atoms with Crippen molar-refractivity contribution in [2.24, 2.45) is 0 Å². The lowest BCUT2D eigenvalue weighted by atomic mass is 10.2. The molecule has 1 heterocycles. The summed E-state index contributed by atoms with van der Waals surface area (Å²) in [5.41, 5.74) is 2.09. The van der Waals surface area contributed by atoms with Crippen LogP contribution in [0.3, 0.4) is 0 Å². The quantitative estimate of drug-likeness (QED) is 0.854. The molecule has 106 valence electrons. The summed E-state index contributed by atoms with van der Waals surface area (Å²) >= 11 is 0. The van der Waals surface area contributed by atoms with Gasteiger partial charge in [0.25, 0.3) is 0 Å². The summed E-state index contributed by atoms with van der Waals surface area (Å²) in [6, 6.07) is 7.81. The van der Waals surface area contributed by atoms with Crippen LogP contribution in [0.5, 0.6) is 0 Å². The van der Waals surface area contributed by atoms with Crippen molar-refractivity contribution in [3.05, 3.63) is 29.8 Å². The highest BCUT2D eigenvalue weighted by Crippen LogP contribution is 2.25. The predicted octanol–water partition coefficient (Wildman–Crippen LogP) is 2.00. The second-order valence-electron chi connectivity index (χ2n) is 4.75. The predicted molar refractivity (Wildman–Crippen MR) is 67.0 cm³/mol. The molecule has 1 N–H and O–H groups in total. The molecule has 1 aromatic carbocycles. The van der Waals surface area contributed by atoms with Crippen LogP contribution >= 0.6 is 0 Å². The number of anilines is 1. The second kappa shape index (κ2) is 5.38. The molecule has 1 saturated heterocycles. The highest BCUT2D eigenvalue weighted by Gasteiger charge is 2.45. The van der Waals surface area contributed by atoms with Crippen molar-refractivity contribution < 1.29 is 18.3 Å². The average Bonchev–Trinajstić information content (AvgIpc) is 2.38. The molecule has 1 fully saturated rings. The van der Waals surface area contributed by atoms with Gasteiger partial charge in [-0.15, -0.1) is 0 Å². The second-order valence-corrected chi connectivity index (χ2v) is 4.75. The maximum atomic E-state index is 13.4. The first kappa shape index (κ1) is 14.1. The van der Waals surface area contributed by atoms with Crippen molar-refractivity contribution in [3.63, 3.8) is 0 Å². The van der Waals surface area contributed by atoms with Crippen LogP contribution in [0.2, 0.25) is 0 Å². The third-order valence-corrected chi connectivity index (χ3v) is 3.37. The maximum Gasteiger partial charge on any atom is 0.328 e. The Kier molecular flexibility index (Phi) is 4.01. The molecule has 0 bridgehead atoms. The third-order valence-electron chi connectivity index (χ3n) is 3.37. The van der Waals surface area contributed by atoms with Gasteiger partial charge in [0, 0.05) is 31.9 Å². The van der Waals surface area contributed by atoms with Gasteiger partial charge in [-0.05, 0) is 24.6 Å². The largest absolute Gasteiger partial charge is 0.369 e. The summed E-state index contributed by atoms with van der Waals surface area (Å²) < 4.78 is 38.2. The van der Waals surface area contributed by atoms with Gasteiger partial charge in [-0.3, -0.25) is 0 Å². The normalized spacial score (nSPS) is 20.6. The van der Waals surface area contributed by atoms with Gasteiger partial charge in [0.05, 0.1) is 0 Å². The van der Waals surface area contributed by atoms with Gasteiger partial charge >= 0.3 is 12.4 Å². The minimum Gasteiger partial charge on any atom is -0.369 e. The molecule has 1 aliphatic rings. The zero-order valence-electron chi connectivity index (χ0n) is 10.7. The van der Waals surface area contributed by atoms with E-state index in [1.54, 1.807) is 0 Å². The summed E-state index contributed by atoms with van der Waals surface area (Å²) in [7, 11) is 0. The zero-order valence-corrected chi connectivity index (χ0v) is 10.7. The number of nitrogens with zero attached hydrogens (tertiary/aromatic N) is 2. The summed E-state index contributed by atoms with van der Waals surface area (Å²) in [6.07, 6.45) is -3.42. The Morgan fingerprint density at radius 1 is 1.21 bits per heavy atom. The van der Waals surface area contributed by atoms with Crippen LogP contribution in [-0.4, -0.2) is 48.6 Å². The monoisotopic (exact) mass is 274 g/mol. The fourth-order valence-electron chi connectivity index (χ4n) is 2.24. The standard InChI is InChI=1S/C13H17F3N2O/c1-10-3-2-4-11(9-10)17-5-7-18(8-6-17)13(16,19)12(14)15/h2-4,9,12,19H,5-8H2,1H3. The Morgan fingerprint density at radius 2 is 1.84 bits per heavy atom. The number of benzene rings is 1. The zero-order chi connectivity index (χ0) is 14.0. The molecule has 0 aliphatic carbocycles. The van der Waals surface area contributed by atoms with E-state index in [9.17, 15) is 13.2 Å². The molecule has 6 heteroatoms. The molecule has 0 aromatic heterocycles. The molecular formula is C13H17F3N2O. The number of hydrogen-bond donors (Lipinski definition) is 1. The molecule has 1 atom stereocenters. The Bertz CT molecular complexity index is 432. The lowest BCUT2D eigenvalue weighted by Crippen LogP contribution is -2.58. The van der Waals surface area contributed by atoms with E-state index in [1.165, 1.54) is 0 Å². The molecule has 0 radical (unpaired) electrons. The Balaban J connectivity index is 2.00. The number of aliphatic hydroxyl groups is 1. The van der Waals surface area contributed by atoms with Gasteiger partial charge in [-0.2, -0.15) is 4.39 Å². The van der Waals surface area contributed by atoms with Gasteiger partial charge in [-0.25, -0.2) is 13.7 Å². The van der Waals surface area contributed by atoms with Crippen LogP contribution in [0.1, 0.15) is 5.56 Å². The number of rotatable bonds is 3. The number of piperazine rings is 1. The van der Waals surface area contributed by atoms with Crippen molar-refractivity contribution in [2.75, 3.05) is 31.1 Å². The van der Waals surface area contributed by atoms with Crippen molar-refractivity contribution in [2.45, 2.75) is 19.3 Å². The molecule has 1 aromatic rings. The van der Waals surface area contributed by atoms with Crippen molar-refractivity contribution >= 4 is 5.69 Å². The van der Waals surface area contributed by atoms with Crippen molar-refractivity contribution in [1.29, 1.82) is 0 Å². The molecule has 2 rings (SSSR count). The molecule has 1 aliphatic heterocycles. The first-order valence-electron chi connectivity index (χ1n) is 6.17. The smallest absolute Gasteiger partial charge is 0.328 e. The van der Waals surface area contributed by atoms with Gasteiger partial charge in [0.1, 0.15) is 0 Å². The van der Waals surface area contributed by atoms with Crippen LogP contribution in [0, 0.1) is 6.92 Å². The van der Waals surface area contributed by atoms with E-state index in [-0.39, 0.29) is 13.1 Å². The maximum absolute atomic E-state index is 13.4. The first-order valence-corrected chi connectivity index (χ1v) is 6.17. The van der Waals surface area contributed by atoms with E-state index in [4.69, 9.17) is 5.11 Å². The minimum absolute atomic E-state index is 0.0608. The van der Waals surface area contributed by atoms with E-state index >= 15 is 0 Å². The SMILES string of the molecule is Cc1cccc(N2CCN(C(O)(F)C(F)F)CC2)c1. The number of alkyl halides is 3. The van der Waals surface area contributed by atoms with E-state index in [0.717, 1.165) is 16.2 Å². The van der Waals surface area contributed by atoms with E-state index < -0.39 is 12.4 Å². The molecule has 19 heavy (non-hydrogen) atoms. The fourth-order valence-corrected chi connectivity index (χ4v) is 2.24. The number of hydrogen-bond acceptors (Lipinski definition) is 3. The third kappa shape index (κ3) is 3.01. The highest BCUT2D eigenvalue weighted by atomic mass is 19.3. The molecule has 0 amide bonds. The van der Waals surface area contributed by atoms with E-state index in [1.807, 2.05) is 36.1 Å². The van der Waals surface area contributed by atoms with Crippen LogP contribution in [-0.2, 0) is 0 Å². The molecular weight excluding hydrogens is 257 g/mol. The lowest BCUT2D eigenvalue weighted by Gasteiger charge is -2.40. The Morgan fingerprint density at radius 3 is 2.37 bits per heavy atom. The summed E-state index contributed by atoms with van der Waals surface area (Å²) in [5, 5.41) is 9.11. The molecule has 0 saturated carbocycles. The summed E-state index contributed by atoms with van der Waals surface area (Å²) in [6.45, 7) is 2.90. The van der Waals surface area contributed by atoms with Crippen LogP contribution < -0.4 is 4.90 Å². The van der Waals surface area contributed by atoms with Crippen LogP contribution in [0.4, 0.5) is 18.9 Å². The highest BCUT2D eigenvalue weighted by molar-refractivity contribution is 5.48. The molecule has 3 nitrogen and oxygen atoms in total. The summed E-state index contributed by atoms with van der Waals surface area (Å²) in [4.78, 5) is 2.77. The lowest BCUT2D eigenvalue weighted by molar-refractivity contribution is -0.277. The number of aryl methyl sites for hydroxylation is 1. The van der Waals surface area contributed by atoms with Crippen molar-refractivity contribution in [1.82, 2.24) is 4.90 Å². The van der Waals surface area contributed by atoms with Gasteiger partial charge in [0.15, 0.2) is 0 Å². The Labute approximate surface area is 110 Å². The topological polar surface area (TPSA) is 26.7 Å². The van der Waals surface area contributed by atoms with Gasteiger partial charge < -0.3 is 10.0 Å². The summed E-state index contributed by atoms with van der Waals surface area (Å²) in [5.74, 6) is -3.53. The van der Waals surface area contributed by atoms with E-state index in [0.29, 0.717) is 13.1 Å². The van der Waals surface area contributed by atoms with E-state index in [2.05, 4.69) is 0 Å².